The Balaban J connectivity index is 2.42. The molecule has 0 bridgehead atoms. The van der Waals surface area contributed by atoms with Crippen molar-refractivity contribution < 1.29 is 24.6 Å². The van der Waals surface area contributed by atoms with Gasteiger partial charge in [-0.15, -0.1) is 0 Å². The molecular formula is C15H8Cl3NO5. The van der Waals surface area contributed by atoms with Crippen LogP contribution in [0.15, 0.2) is 30.3 Å². The Morgan fingerprint density at radius 1 is 0.792 bits per heavy atom. The van der Waals surface area contributed by atoms with E-state index in [-0.39, 0.29) is 31.9 Å². The first-order valence-electron chi connectivity index (χ1n) is 6.27. The predicted octanol–water partition coefficient (Wildman–Crippen LogP) is 4.30. The Morgan fingerprint density at radius 3 is 2.00 bits per heavy atom. The van der Waals surface area contributed by atoms with E-state index in [1.807, 2.05) is 0 Å². The highest BCUT2D eigenvalue weighted by molar-refractivity contribution is 6.44. The molecule has 0 spiro atoms. The molecule has 0 saturated heterocycles. The lowest BCUT2D eigenvalue weighted by molar-refractivity contribution is 0.0692. The van der Waals surface area contributed by atoms with E-state index in [1.165, 1.54) is 12.1 Å². The summed E-state index contributed by atoms with van der Waals surface area (Å²) < 4.78 is 0. The van der Waals surface area contributed by atoms with Crippen LogP contribution in [0.25, 0.3) is 0 Å². The minimum Gasteiger partial charge on any atom is -0.478 e. The zero-order chi connectivity index (χ0) is 18.0. The van der Waals surface area contributed by atoms with Crippen molar-refractivity contribution in [3.05, 3.63) is 62.1 Å². The monoisotopic (exact) mass is 387 g/mol. The van der Waals surface area contributed by atoms with Gasteiger partial charge in [0, 0.05) is 0 Å². The lowest BCUT2D eigenvalue weighted by atomic mass is 10.0. The van der Waals surface area contributed by atoms with Crippen LogP contribution < -0.4 is 5.32 Å². The van der Waals surface area contributed by atoms with Gasteiger partial charge in [0.2, 0.25) is 0 Å². The van der Waals surface area contributed by atoms with Crippen LogP contribution in [0.2, 0.25) is 15.1 Å². The number of aromatic carboxylic acids is 2. The molecule has 2 aromatic rings. The first kappa shape index (κ1) is 18.1. The number of carbonyl (C=O) groups excluding carboxylic acids is 1. The minimum absolute atomic E-state index is 0.108. The molecule has 0 radical (unpaired) electrons. The third-order valence-electron chi connectivity index (χ3n) is 3.00. The summed E-state index contributed by atoms with van der Waals surface area (Å²) in [5.74, 6) is -3.54. The second-order valence-corrected chi connectivity index (χ2v) is 5.79. The molecule has 0 heterocycles. The molecule has 0 aromatic heterocycles. The van der Waals surface area contributed by atoms with Gasteiger partial charge in [-0.3, -0.25) is 4.79 Å². The average molecular weight is 389 g/mol. The molecule has 1 amide bonds. The minimum atomic E-state index is -1.44. The van der Waals surface area contributed by atoms with Crippen molar-refractivity contribution in [3.8, 4) is 0 Å². The molecule has 2 rings (SSSR count). The lowest BCUT2D eigenvalue weighted by Gasteiger charge is -2.11. The third kappa shape index (κ3) is 3.79. The van der Waals surface area contributed by atoms with Gasteiger partial charge in [-0.25, -0.2) is 9.59 Å². The molecule has 0 unspecified atom stereocenters. The van der Waals surface area contributed by atoms with E-state index in [0.717, 1.165) is 18.2 Å². The van der Waals surface area contributed by atoms with Crippen molar-refractivity contribution in [3.63, 3.8) is 0 Å². The van der Waals surface area contributed by atoms with Crippen molar-refractivity contribution in [2.24, 2.45) is 0 Å². The van der Waals surface area contributed by atoms with Crippen LogP contribution in [0.4, 0.5) is 5.69 Å². The van der Waals surface area contributed by atoms with Crippen LogP contribution in [-0.4, -0.2) is 28.1 Å². The van der Waals surface area contributed by atoms with Crippen molar-refractivity contribution >= 4 is 58.3 Å². The van der Waals surface area contributed by atoms with E-state index in [4.69, 9.17) is 39.9 Å². The normalized spacial score (nSPS) is 10.3. The summed E-state index contributed by atoms with van der Waals surface area (Å²) in [5, 5.41) is 21.0. The topological polar surface area (TPSA) is 104 Å². The van der Waals surface area contributed by atoms with E-state index in [1.54, 1.807) is 0 Å². The molecular weight excluding hydrogens is 381 g/mol. The largest absolute Gasteiger partial charge is 0.478 e. The molecule has 6 nitrogen and oxygen atoms in total. The number of rotatable bonds is 4. The zero-order valence-corrected chi connectivity index (χ0v) is 13.9. The zero-order valence-electron chi connectivity index (χ0n) is 11.6. The molecule has 0 aliphatic rings. The summed E-state index contributed by atoms with van der Waals surface area (Å²) in [7, 11) is 0. The van der Waals surface area contributed by atoms with E-state index in [2.05, 4.69) is 5.32 Å². The molecule has 0 fully saturated rings. The molecule has 0 aliphatic carbocycles. The summed E-state index contributed by atoms with van der Waals surface area (Å²) >= 11 is 17.6. The predicted molar refractivity (Wildman–Crippen MR) is 89.8 cm³/mol. The van der Waals surface area contributed by atoms with E-state index >= 15 is 0 Å². The number of carboxylic acid groups (broad SMARTS) is 2. The van der Waals surface area contributed by atoms with Gasteiger partial charge < -0.3 is 15.5 Å². The quantitative estimate of drug-likeness (QED) is 0.678. The SMILES string of the molecule is O=C(O)c1ccc(C(=O)Nc2cc(Cl)c(Cl)cc2Cl)c(C(=O)O)c1. The summed E-state index contributed by atoms with van der Waals surface area (Å²) in [6.45, 7) is 0. The van der Waals surface area contributed by atoms with Crippen molar-refractivity contribution in [1.29, 1.82) is 0 Å². The number of halogens is 3. The summed E-state index contributed by atoms with van der Waals surface area (Å²) in [4.78, 5) is 34.5. The molecule has 0 saturated carbocycles. The molecule has 0 aliphatic heterocycles. The fourth-order valence-corrected chi connectivity index (χ4v) is 2.45. The molecule has 2 aromatic carbocycles. The van der Waals surface area contributed by atoms with Crippen molar-refractivity contribution in [1.82, 2.24) is 0 Å². The highest BCUT2D eigenvalue weighted by Gasteiger charge is 2.20. The Labute approximate surface area is 150 Å². The van der Waals surface area contributed by atoms with Gasteiger partial charge in [0.05, 0.1) is 37.4 Å². The third-order valence-corrected chi connectivity index (χ3v) is 4.03. The van der Waals surface area contributed by atoms with Gasteiger partial charge in [0.15, 0.2) is 0 Å². The molecule has 0 atom stereocenters. The van der Waals surface area contributed by atoms with Crippen molar-refractivity contribution in [2.75, 3.05) is 5.32 Å². The number of benzene rings is 2. The lowest BCUT2D eigenvalue weighted by Crippen LogP contribution is -2.17. The van der Waals surface area contributed by atoms with Gasteiger partial charge in [-0.2, -0.15) is 0 Å². The van der Waals surface area contributed by atoms with E-state index in [0.29, 0.717) is 0 Å². The number of carbonyl (C=O) groups is 3. The fraction of sp³-hybridized carbons (Fsp3) is 0. The maximum absolute atomic E-state index is 12.3. The number of hydrogen-bond acceptors (Lipinski definition) is 3. The highest BCUT2D eigenvalue weighted by atomic mass is 35.5. The average Bonchev–Trinajstić information content (AvgIpc) is 2.51. The molecule has 3 N–H and O–H groups in total. The number of carboxylic acids is 2. The smallest absolute Gasteiger partial charge is 0.336 e. The maximum Gasteiger partial charge on any atom is 0.336 e. The number of nitrogens with one attached hydrogen (secondary N) is 1. The van der Waals surface area contributed by atoms with E-state index < -0.39 is 23.4 Å². The van der Waals surface area contributed by atoms with Crippen LogP contribution in [0, 0.1) is 0 Å². The second kappa shape index (κ2) is 7.09. The molecule has 9 heteroatoms. The Hall–Kier alpha value is -2.28. The fourth-order valence-electron chi connectivity index (χ4n) is 1.86. The Morgan fingerprint density at radius 2 is 1.42 bits per heavy atom. The van der Waals surface area contributed by atoms with Crippen LogP contribution in [0.5, 0.6) is 0 Å². The summed E-state index contributed by atoms with van der Waals surface area (Å²) in [5.41, 5.74) is -0.801. The first-order chi connectivity index (χ1) is 11.2. The van der Waals surface area contributed by atoms with Gasteiger partial charge in [0.25, 0.3) is 5.91 Å². The number of hydrogen-bond donors (Lipinski definition) is 3. The molecule has 124 valence electrons. The maximum atomic E-state index is 12.3. The van der Waals surface area contributed by atoms with Crippen LogP contribution >= 0.6 is 34.8 Å². The van der Waals surface area contributed by atoms with Crippen LogP contribution in [0.3, 0.4) is 0 Å². The summed E-state index contributed by atoms with van der Waals surface area (Å²) in [6, 6.07) is 5.77. The van der Waals surface area contributed by atoms with Crippen LogP contribution in [-0.2, 0) is 0 Å². The van der Waals surface area contributed by atoms with E-state index in [9.17, 15) is 19.5 Å². The Bertz CT molecular complexity index is 866. The van der Waals surface area contributed by atoms with Gasteiger partial charge in [-0.05, 0) is 30.3 Å². The second-order valence-electron chi connectivity index (χ2n) is 4.57. The highest BCUT2D eigenvalue weighted by Crippen LogP contribution is 2.32. The molecule has 24 heavy (non-hydrogen) atoms. The standard InChI is InChI=1S/C15H8Cl3NO5/c16-9-4-11(18)12(5-10(9)17)19-13(20)7-2-1-6(14(21)22)3-8(7)15(23)24/h1-5H,(H,19,20)(H,21,22)(H,23,24). The summed E-state index contributed by atoms with van der Waals surface area (Å²) in [6.07, 6.45) is 0. The Kier molecular flexibility index (Phi) is 5.33. The van der Waals surface area contributed by atoms with Gasteiger partial charge >= 0.3 is 11.9 Å². The van der Waals surface area contributed by atoms with Crippen molar-refractivity contribution in [2.45, 2.75) is 0 Å². The van der Waals surface area contributed by atoms with Gasteiger partial charge in [0.1, 0.15) is 0 Å². The van der Waals surface area contributed by atoms with Crippen LogP contribution in [0.1, 0.15) is 31.1 Å². The number of anilines is 1. The number of amides is 1. The van der Waals surface area contributed by atoms with Gasteiger partial charge in [-0.1, -0.05) is 34.8 Å². The first-order valence-corrected chi connectivity index (χ1v) is 7.40.